The fraction of sp³-hybridized carbons (Fsp3) is 0.471. The predicted molar refractivity (Wildman–Crippen MR) is 83.8 cm³/mol. The van der Waals surface area contributed by atoms with Crippen LogP contribution in [0.2, 0.25) is 0 Å². The Kier molecular flexibility index (Phi) is 3.95. The van der Waals surface area contributed by atoms with Crippen molar-refractivity contribution in [3.8, 4) is 6.07 Å². The Balaban J connectivity index is 2.18. The van der Waals surface area contributed by atoms with Crippen molar-refractivity contribution in [1.82, 2.24) is 9.78 Å². The molecule has 6 heteroatoms. The highest BCUT2D eigenvalue weighted by atomic mass is 16.5. The van der Waals surface area contributed by atoms with Crippen molar-refractivity contribution in [1.29, 1.82) is 5.26 Å². The van der Waals surface area contributed by atoms with Crippen molar-refractivity contribution in [2.45, 2.75) is 51.5 Å². The Morgan fingerprint density at radius 1 is 1.57 bits per heavy atom. The number of rotatable bonds is 3. The first-order valence-corrected chi connectivity index (χ1v) is 7.95. The van der Waals surface area contributed by atoms with Gasteiger partial charge in [0.25, 0.3) is 0 Å². The average Bonchev–Trinajstić information content (AvgIpc) is 3.02. The average molecular weight is 312 g/mol. The van der Waals surface area contributed by atoms with Crippen LogP contribution in [0.5, 0.6) is 0 Å². The van der Waals surface area contributed by atoms with E-state index in [2.05, 4.69) is 25.0 Å². The summed E-state index contributed by atoms with van der Waals surface area (Å²) in [5, 5.41) is 14.0. The summed E-state index contributed by atoms with van der Waals surface area (Å²) in [4.78, 5) is 12.5. The number of carbonyl (C=O) groups excluding carboxylic acids is 1. The van der Waals surface area contributed by atoms with Gasteiger partial charge in [-0.2, -0.15) is 10.4 Å². The molecule has 0 saturated heterocycles. The zero-order valence-corrected chi connectivity index (χ0v) is 13.4. The molecule has 2 atom stereocenters. The maximum atomic E-state index is 12.5. The minimum absolute atomic E-state index is 0.0356. The van der Waals surface area contributed by atoms with Crippen LogP contribution in [0.1, 0.15) is 57.2 Å². The summed E-state index contributed by atoms with van der Waals surface area (Å²) in [6.07, 6.45) is 4.52. The molecule has 2 aliphatic rings. The molecule has 1 aromatic rings. The molecule has 0 aromatic carbocycles. The molecule has 0 radical (unpaired) electrons. The van der Waals surface area contributed by atoms with Gasteiger partial charge in [0.15, 0.2) is 5.78 Å². The molecule has 23 heavy (non-hydrogen) atoms. The fourth-order valence-corrected chi connectivity index (χ4v) is 3.25. The Morgan fingerprint density at radius 2 is 2.35 bits per heavy atom. The van der Waals surface area contributed by atoms with E-state index in [9.17, 15) is 10.1 Å². The minimum atomic E-state index is -0.479. The van der Waals surface area contributed by atoms with Crippen LogP contribution in [0.25, 0.3) is 0 Å². The van der Waals surface area contributed by atoms with Gasteiger partial charge in [-0.05, 0) is 25.8 Å². The van der Waals surface area contributed by atoms with Gasteiger partial charge in [-0.3, -0.25) is 9.48 Å². The van der Waals surface area contributed by atoms with E-state index in [-0.39, 0.29) is 17.7 Å². The number of Topliss-reactive ketones (excluding diaryl/α,β-unsaturated/α-hetero) is 1. The van der Waals surface area contributed by atoms with E-state index < -0.39 is 5.92 Å². The number of hydrogen-bond donors (Lipinski definition) is 1. The van der Waals surface area contributed by atoms with Crippen molar-refractivity contribution >= 4 is 5.78 Å². The van der Waals surface area contributed by atoms with Gasteiger partial charge in [0.05, 0.1) is 11.6 Å². The third-order valence-electron chi connectivity index (χ3n) is 4.61. The summed E-state index contributed by atoms with van der Waals surface area (Å²) >= 11 is 0. The second-order valence-corrected chi connectivity index (χ2v) is 6.00. The maximum Gasteiger partial charge on any atom is 0.205 e. The SMILES string of the molecule is CC[C@@H](C)n1nccc1[C@H]1C(C#N)=C(N)OC2=C1C(=O)CCC2. The number of carbonyl (C=O) groups is 1. The molecule has 3 rings (SSSR count). The van der Waals surface area contributed by atoms with Crippen LogP contribution < -0.4 is 5.73 Å². The van der Waals surface area contributed by atoms with E-state index in [1.165, 1.54) is 0 Å². The Labute approximate surface area is 135 Å². The zero-order chi connectivity index (χ0) is 16.6. The molecule has 1 aliphatic heterocycles. The van der Waals surface area contributed by atoms with Gasteiger partial charge in [0.1, 0.15) is 17.4 Å². The van der Waals surface area contributed by atoms with Gasteiger partial charge in [-0.1, -0.05) is 6.92 Å². The van der Waals surface area contributed by atoms with Crippen molar-refractivity contribution < 1.29 is 9.53 Å². The summed E-state index contributed by atoms with van der Waals surface area (Å²) in [6, 6.07) is 4.17. The smallest absolute Gasteiger partial charge is 0.205 e. The number of aromatic nitrogens is 2. The largest absolute Gasteiger partial charge is 0.444 e. The van der Waals surface area contributed by atoms with E-state index >= 15 is 0 Å². The first kappa shape index (κ1) is 15.3. The van der Waals surface area contributed by atoms with Crippen molar-refractivity contribution in [3.63, 3.8) is 0 Å². The quantitative estimate of drug-likeness (QED) is 0.926. The molecule has 1 aromatic heterocycles. The Hall–Kier alpha value is -2.55. The summed E-state index contributed by atoms with van der Waals surface area (Å²) in [5.41, 5.74) is 7.65. The number of ketones is 1. The van der Waals surface area contributed by atoms with Crippen molar-refractivity contribution in [3.05, 3.63) is 40.7 Å². The molecule has 0 saturated carbocycles. The van der Waals surface area contributed by atoms with Gasteiger partial charge in [0, 0.05) is 30.7 Å². The monoisotopic (exact) mass is 312 g/mol. The second-order valence-electron chi connectivity index (χ2n) is 6.00. The van der Waals surface area contributed by atoms with Gasteiger partial charge < -0.3 is 10.5 Å². The molecule has 2 N–H and O–H groups in total. The third kappa shape index (κ3) is 2.42. The summed E-state index contributed by atoms with van der Waals surface area (Å²) in [6.45, 7) is 4.14. The van der Waals surface area contributed by atoms with E-state index in [1.807, 2.05) is 10.7 Å². The molecule has 0 fully saturated rings. The number of nitriles is 1. The molecular weight excluding hydrogens is 292 g/mol. The van der Waals surface area contributed by atoms with Crippen LogP contribution in [-0.4, -0.2) is 15.6 Å². The van der Waals surface area contributed by atoms with E-state index in [0.29, 0.717) is 29.7 Å². The third-order valence-corrected chi connectivity index (χ3v) is 4.61. The molecule has 2 heterocycles. The Bertz CT molecular complexity index is 751. The lowest BCUT2D eigenvalue weighted by Crippen LogP contribution is -2.29. The fourth-order valence-electron chi connectivity index (χ4n) is 3.25. The van der Waals surface area contributed by atoms with Crippen LogP contribution >= 0.6 is 0 Å². The minimum Gasteiger partial charge on any atom is -0.444 e. The van der Waals surface area contributed by atoms with Crippen LogP contribution in [0, 0.1) is 11.3 Å². The summed E-state index contributed by atoms with van der Waals surface area (Å²) in [7, 11) is 0. The van der Waals surface area contributed by atoms with Gasteiger partial charge in [-0.15, -0.1) is 0 Å². The van der Waals surface area contributed by atoms with Gasteiger partial charge in [0.2, 0.25) is 5.88 Å². The number of nitrogens with zero attached hydrogens (tertiary/aromatic N) is 3. The molecule has 120 valence electrons. The lowest BCUT2D eigenvalue weighted by Gasteiger charge is -2.31. The standard InChI is InChI=1S/C17H20N4O2/c1-3-10(2)21-12(7-8-20-21)15-11(9-18)17(19)23-14-6-4-5-13(22)16(14)15/h7-8,10,15H,3-6,19H2,1-2H3/t10-,15-/m1/s1. The van der Waals surface area contributed by atoms with E-state index in [1.54, 1.807) is 6.20 Å². The topological polar surface area (TPSA) is 93.9 Å². The van der Waals surface area contributed by atoms with Crippen molar-refractivity contribution in [2.24, 2.45) is 5.73 Å². The van der Waals surface area contributed by atoms with E-state index in [0.717, 1.165) is 18.5 Å². The van der Waals surface area contributed by atoms with E-state index in [4.69, 9.17) is 10.5 Å². The molecule has 0 amide bonds. The first-order valence-electron chi connectivity index (χ1n) is 7.95. The predicted octanol–water partition coefficient (Wildman–Crippen LogP) is 2.67. The Morgan fingerprint density at radius 3 is 3.04 bits per heavy atom. The lowest BCUT2D eigenvalue weighted by atomic mass is 9.79. The van der Waals surface area contributed by atoms with Gasteiger partial charge >= 0.3 is 0 Å². The molecule has 0 bridgehead atoms. The number of nitrogens with two attached hydrogens (primary N) is 1. The number of hydrogen-bond acceptors (Lipinski definition) is 5. The molecular formula is C17H20N4O2. The molecule has 0 spiro atoms. The summed E-state index contributed by atoms with van der Waals surface area (Å²) < 4.78 is 7.47. The zero-order valence-electron chi connectivity index (χ0n) is 13.4. The lowest BCUT2D eigenvalue weighted by molar-refractivity contribution is -0.116. The van der Waals surface area contributed by atoms with Crippen molar-refractivity contribution in [2.75, 3.05) is 0 Å². The highest BCUT2D eigenvalue weighted by Crippen LogP contribution is 2.43. The summed E-state index contributed by atoms with van der Waals surface area (Å²) in [5.74, 6) is 0.268. The van der Waals surface area contributed by atoms with Crippen LogP contribution in [0.15, 0.2) is 35.1 Å². The van der Waals surface area contributed by atoms with Gasteiger partial charge in [-0.25, -0.2) is 0 Å². The first-order chi connectivity index (χ1) is 11.1. The highest BCUT2D eigenvalue weighted by molar-refractivity contribution is 5.99. The van der Waals surface area contributed by atoms with Crippen LogP contribution in [0.4, 0.5) is 0 Å². The molecule has 6 nitrogen and oxygen atoms in total. The number of allylic oxidation sites excluding steroid dienone is 3. The number of ether oxygens (including phenoxy) is 1. The molecule has 0 unspecified atom stereocenters. The normalized spacial score (nSPS) is 22.5. The molecule has 1 aliphatic carbocycles. The van der Waals surface area contributed by atoms with Crippen LogP contribution in [0.3, 0.4) is 0 Å². The van der Waals surface area contributed by atoms with Crippen LogP contribution in [-0.2, 0) is 9.53 Å². The second kappa shape index (κ2) is 5.92. The maximum absolute atomic E-state index is 12.5. The highest BCUT2D eigenvalue weighted by Gasteiger charge is 2.39.